The molecule has 0 radical (unpaired) electrons. The van der Waals surface area contributed by atoms with Crippen molar-refractivity contribution < 1.29 is 4.79 Å². The topological polar surface area (TPSA) is 66.9 Å². The Labute approximate surface area is 105 Å². The largest absolute Gasteiger partial charge is 0.372 e. The molecule has 17 heavy (non-hydrogen) atoms. The van der Waals surface area contributed by atoms with Gasteiger partial charge in [0.1, 0.15) is 11.5 Å². The van der Waals surface area contributed by atoms with Crippen LogP contribution in [0.3, 0.4) is 0 Å². The maximum atomic E-state index is 11.8. The molecule has 1 aromatic rings. The van der Waals surface area contributed by atoms with Gasteiger partial charge in [0.2, 0.25) is 0 Å². The average molecular weight is 252 g/mol. The molecule has 0 spiro atoms. The Bertz CT molecular complexity index is 393. The van der Waals surface area contributed by atoms with Gasteiger partial charge in [0.05, 0.1) is 12.4 Å². The molecule has 1 saturated heterocycles. The van der Waals surface area contributed by atoms with Crippen LogP contribution < -0.4 is 10.6 Å². The molecule has 1 atom stereocenters. The lowest BCUT2D eigenvalue weighted by Crippen LogP contribution is -2.30. The molecule has 2 heterocycles. The highest BCUT2D eigenvalue weighted by Crippen LogP contribution is 2.25. The molecule has 1 aromatic heterocycles. The van der Waals surface area contributed by atoms with Crippen molar-refractivity contribution in [1.82, 2.24) is 15.3 Å². The second-order valence-electron chi connectivity index (χ2n) is 3.88. The van der Waals surface area contributed by atoms with Crippen molar-refractivity contribution in [3.63, 3.8) is 0 Å². The number of nitrogens with one attached hydrogen (secondary N) is 2. The van der Waals surface area contributed by atoms with Crippen molar-refractivity contribution in [3.8, 4) is 0 Å². The summed E-state index contributed by atoms with van der Waals surface area (Å²) < 4.78 is 0. The fourth-order valence-corrected chi connectivity index (χ4v) is 2.90. The van der Waals surface area contributed by atoms with E-state index < -0.39 is 0 Å². The van der Waals surface area contributed by atoms with E-state index in [-0.39, 0.29) is 5.91 Å². The van der Waals surface area contributed by atoms with Crippen LogP contribution in [0.2, 0.25) is 0 Å². The van der Waals surface area contributed by atoms with Gasteiger partial charge in [-0.2, -0.15) is 11.8 Å². The molecule has 92 valence electrons. The summed E-state index contributed by atoms with van der Waals surface area (Å²) in [5, 5.41) is 6.32. The molecule has 0 saturated carbocycles. The van der Waals surface area contributed by atoms with Crippen molar-refractivity contribution >= 4 is 23.5 Å². The second kappa shape index (κ2) is 5.86. The number of nitrogens with zero attached hydrogens (tertiary/aromatic N) is 2. The van der Waals surface area contributed by atoms with E-state index in [2.05, 4.69) is 20.6 Å². The number of hydrogen-bond donors (Lipinski definition) is 2. The van der Waals surface area contributed by atoms with E-state index in [9.17, 15) is 4.79 Å². The monoisotopic (exact) mass is 252 g/mol. The third-order valence-corrected chi connectivity index (χ3v) is 4.04. The van der Waals surface area contributed by atoms with Gasteiger partial charge in [-0.25, -0.2) is 4.98 Å². The number of hydrogen-bond acceptors (Lipinski definition) is 5. The van der Waals surface area contributed by atoms with Gasteiger partial charge in [-0.3, -0.25) is 9.78 Å². The number of carbonyl (C=O) groups excluding carboxylic acids is 1. The van der Waals surface area contributed by atoms with Crippen molar-refractivity contribution in [2.75, 3.05) is 24.7 Å². The Hall–Kier alpha value is -1.30. The zero-order valence-corrected chi connectivity index (χ0v) is 10.6. The summed E-state index contributed by atoms with van der Waals surface area (Å²) in [5.41, 5.74) is 0.361. The Balaban J connectivity index is 1.89. The minimum absolute atomic E-state index is 0.151. The lowest BCUT2D eigenvalue weighted by molar-refractivity contribution is 0.0948. The average Bonchev–Trinajstić information content (AvgIpc) is 2.89. The van der Waals surface area contributed by atoms with Crippen LogP contribution in [0.5, 0.6) is 0 Å². The lowest BCUT2D eigenvalue weighted by atomic mass is 10.2. The van der Waals surface area contributed by atoms with E-state index in [1.807, 2.05) is 11.8 Å². The van der Waals surface area contributed by atoms with Gasteiger partial charge in [-0.1, -0.05) is 0 Å². The van der Waals surface area contributed by atoms with Crippen LogP contribution in [-0.2, 0) is 0 Å². The maximum Gasteiger partial charge on any atom is 0.271 e. The first-order valence-electron chi connectivity index (χ1n) is 5.69. The molecule has 5 nitrogen and oxygen atoms in total. The van der Waals surface area contributed by atoms with Crippen LogP contribution in [0, 0.1) is 0 Å². The number of amides is 1. The summed E-state index contributed by atoms with van der Waals surface area (Å²) in [6.45, 7) is 0.717. The third kappa shape index (κ3) is 3.33. The van der Waals surface area contributed by atoms with Crippen LogP contribution in [0.25, 0.3) is 0 Å². The predicted molar refractivity (Wildman–Crippen MR) is 69.4 cm³/mol. The van der Waals surface area contributed by atoms with Gasteiger partial charge in [-0.15, -0.1) is 0 Å². The number of thioether (sulfide) groups is 1. The number of anilines is 1. The first-order valence-corrected chi connectivity index (χ1v) is 6.74. The Kier molecular flexibility index (Phi) is 4.19. The molecule has 6 heteroatoms. The van der Waals surface area contributed by atoms with Crippen LogP contribution in [0.1, 0.15) is 23.3 Å². The zero-order chi connectivity index (χ0) is 12.1. The van der Waals surface area contributed by atoms with Gasteiger partial charge >= 0.3 is 0 Å². The minimum Gasteiger partial charge on any atom is -0.372 e. The molecular formula is C11H16N4OS. The number of aromatic nitrogens is 2. The van der Waals surface area contributed by atoms with E-state index in [4.69, 9.17) is 0 Å². The quantitative estimate of drug-likeness (QED) is 0.841. The van der Waals surface area contributed by atoms with Gasteiger partial charge in [0.15, 0.2) is 0 Å². The standard InChI is InChI=1S/C11H16N4OS/c1-12-10-7-13-6-9(15-10)11(16)14-5-8-3-2-4-17-8/h6-8H,2-5H2,1H3,(H,12,15)(H,14,16). The SMILES string of the molecule is CNc1cncc(C(=O)NCC2CCCS2)n1. The predicted octanol–water partition coefficient (Wildman–Crippen LogP) is 1.14. The highest BCUT2D eigenvalue weighted by Gasteiger charge is 2.17. The van der Waals surface area contributed by atoms with Crippen LogP contribution in [0.4, 0.5) is 5.82 Å². The van der Waals surface area contributed by atoms with E-state index in [1.165, 1.54) is 24.8 Å². The van der Waals surface area contributed by atoms with E-state index >= 15 is 0 Å². The molecule has 1 unspecified atom stereocenters. The Morgan fingerprint density at radius 1 is 1.59 bits per heavy atom. The summed E-state index contributed by atoms with van der Waals surface area (Å²) in [6.07, 6.45) is 5.51. The van der Waals surface area contributed by atoms with Crippen LogP contribution in [-0.4, -0.2) is 40.5 Å². The number of carbonyl (C=O) groups is 1. The van der Waals surface area contributed by atoms with Gasteiger partial charge in [-0.05, 0) is 18.6 Å². The molecule has 0 bridgehead atoms. The molecular weight excluding hydrogens is 236 g/mol. The maximum absolute atomic E-state index is 11.8. The minimum atomic E-state index is -0.151. The summed E-state index contributed by atoms with van der Waals surface area (Å²) >= 11 is 1.92. The normalized spacial score (nSPS) is 19.0. The van der Waals surface area contributed by atoms with E-state index in [0.29, 0.717) is 16.8 Å². The highest BCUT2D eigenvalue weighted by molar-refractivity contribution is 8.00. The Morgan fingerprint density at radius 3 is 3.18 bits per heavy atom. The molecule has 2 N–H and O–H groups in total. The fraction of sp³-hybridized carbons (Fsp3) is 0.545. The van der Waals surface area contributed by atoms with Gasteiger partial charge < -0.3 is 10.6 Å². The smallest absolute Gasteiger partial charge is 0.271 e. The third-order valence-electron chi connectivity index (χ3n) is 2.64. The molecule has 0 aliphatic carbocycles. The molecule has 0 aromatic carbocycles. The van der Waals surface area contributed by atoms with E-state index in [0.717, 1.165) is 6.54 Å². The molecule has 1 aliphatic rings. The molecule has 1 amide bonds. The highest BCUT2D eigenvalue weighted by atomic mass is 32.2. The molecule has 1 aliphatic heterocycles. The summed E-state index contributed by atoms with van der Waals surface area (Å²) in [7, 11) is 1.75. The van der Waals surface area contributed by atoms with Crippen molar-refractivity contribution in [3.05, 3.63) is 18.1 Å². The number of rotatable bonds is 4. The van der Waals surface area contributed by atoms with Crippen molar-refractivity contribution in [1.29, 1.82) is 0 Å². The lowest BCUT2D eigenvalue weighted by Gasteiger charge is -2.09. The van der Waals surface area contributed by atoms with Crippen molar-refractivity contribution in [2.24, 2.45) is 0 Å². The molecule has 1 fully saturated rings. The van der Waals surface area contributed by atoms with Crippen LogP contribution in [0.15, 0.2) is 12.4 Å². The summed E-state index contributed by atoms with van der Waals surface area (Å²) in [4.78, 5) is 19.9. The van der Waals surface area contributed by atoms with Crippen molar-refractivity contribution in [2.45, 2.75) is 18.1 Å². The summed E-state index contributed by atoms with van der Waals surface area (Å²) in [6, 6.07) is 0. The van der Waals surface area contributed by atoms with E-state index in [1.54, 1.807) is 13.2 Å². The summed E-state index contributed by atoms with van der Waals surface area (Å²) in [5.74, 6) is 1.66. The van der Waals surface area contributed by atoms with Gasteiger partial charge in [0.25, 0.3) is 5.91 Å². The fourth-order valence-electron chi connectivity index (χ4n) is 1.70. The van der Waals surface area contributed by atoms with Gasteiger partial charge in [0, 0.05) is 18.8 Å². The van der Waals surface area contributed by atoms with Crippen LogP contribution >= 0.6 is 11.8 Å². The second-order valence-corrected chi connectivity index (χ2v) is 5.29. The molecule has 2 rings (SSSR count). The first kappa shape index (κ1) is 12.2. The first-order chi connectivity index (χ1) is 8.29. The Morgan fingerprint density at radius 2 is 2.47 bits per heavy atom. The zero-order valence-electron chi connectivity index (χ0n) is 9.77.